The number of furan rings is 1. The van der Waals surface area contributed by atoms with Crippen molar-refractivity contribution in [3.8, 4) is 6.07 Å². The van der Waals surface area contributed by atoms with Crippen molar-refractivity contribution in [1.82, 2.24) is 0 Å². The summed E-state index contributed by atoms with van der Waals surface area (Å²) in [5.74, 6) is 0.772. The van der Waals surface area contributed by atoms with Gasteiger partial charge >= 0.3 is 0 Å². The van der Waals surface area contributed by atoms with E-state index in [0.717, 1.165) is 16.9 Å². The van der Waals surface area contributed by atoms with E-state index >= 15 is 0 Å². The standard InChI is InChI=1S/C14H12N2O/c1-10-7-12(9-17-10)14(16)13(8-15)11-5-3-2-4-6-11/h2-7,9H,16H2,1H3/b14-13+. The van der Waals surface area contributed by atoms with Crippen LogP contribution in [-0.4, -0.2) is 0 Å². The average Bonchev–Trinajstić information content (AvgIpc) is 2.78. The monoisotopic (exact) mass is 224 g/mol. The van der Waals surface area contributed by atoms with Crippen LogP contribution in [0.1, 0.15) is 16.9 Å². The molecule has 1 heterocycles. The smallest absolute Gasteiger partial charge is 0.102 e. The van der Waals surface area contributed by atoms with Gasteiger partial charge in [-0.3, -0.25) is 0 Å². The number of hydrogen-bond donors (Lipinski definition) is 1. The van der Waals surface area contributed by atoms with Gasteiger partial charge in [0.25, 0.3) is 0 Å². The van der Waals surface area contributed by atoms with Crippen molar-refractivity contribution in [2.24, 2.45) is 5.73 Å². The Balaban J connectivity index is 2.52. The molecule has 0 unspecified atom stereocenters. The predicted octanol–water partition coefficient (Wildman–Crippen LogP) is 2.94. The highest BCUT2D eigenvalue weighted by atomic mass is 16.3. The molecule has 0 saturated carbocycles. The largest absolute Gasteiger partial charge is 0.469 e. The molecular formula is C14H12N2O. The first-order valence-corrected chi connectivity index (χ1v) is 5.23. The summed E-state index contributed by atoms with van der Waals surface area (Å²) in [6.45, 7) is 1.84. The molecule has 3 heteroatoms. The summed E-state index contributed by atoms with van der Waals surface area (Å²) in [7, 11) is 0. The maximum atomic E-state index is 9.20. The number of rotatable bonds is 2. The zero-order valence-electron chi connectivity index (χ0n) is 9.47. The summed E-state index contributed by atoms with van der Waals surface area (Å²) in [4.78, 5) is 0. The van der Waals surface area contributed by atoms with Crippen molar-refractivity contribution in [1.29, 1.82) is 5.26 Å². The Bertz CT molecular complexity index is 588. The fourth-order valence-electron chi connectivity index (χ4n) is 1.61. The van der Waals surface area contributed by atoms with Crippen LogP contribution in [0.4, 0.5) is 0 Å². The second-order valence-corrected chi connectivity index (χ2v) is 3.71. The van der Waals surface area contributed by atoms with E-state index in [1.165, 1.54) is 0 Å². The maximum absolute atomic E-state index is 9.20. The Morgan fingerprint density at radius 3 is 2.47 bits per heavy atom. The van der Waals surface area contributed by atoms with Crippen LogP contribution in [0.3, 0.4) is 0 Å². The molecule has 0 aliphatic rings. The summed E-state index contributed by atoms with van der Waals surface area (Å²) in [6.07, 6.45) is 1.56. The van der Waals surface area contributed by atoms with Crippen molar-refractivity contribution < 1.29 is 4.42 Å². The molecule has 84 valence electrons. The van der Waals surface area contributed by atoms with E-state index in [9.17, 15) is 5.26 Å². The molecule has 2 aromatic rings. The number of nitriles is 1. The molecule has 0 fully saturated rings. The van der Waals surface area contributed by atoms with Crippen molar-refractivity contribution in [2.45, 2.75) is 6.92 Å². The highest BCUT2D eigenvalue weighted by Gasteiger charge is 2.09. The maximum Gasteiger partial charge on any atom is 0.102 e. The fourth-order valence-corrected chi connectivity index (χ4v) is 1.61. The summed E-state index contributed by atoms with van der Waals surface area (Å²) < 4.78 is 5.19. The van der Waals surface area contributed by atoms with Crippen molar-refractivity contribution in [3.63, 3.8) is 0 Å². The number of hydrogen-bond acceptors (Lipinski definition) is 3. The molecule has 0 bridgehead atoms. The van der Waals surface area contributed by atoms with Crippen LogP contribution in [0.2, 0.25) is 0 Å². The highest BCUT2D eigenvalue weighted by Crippen LogP contribution is 2.23. The van der Waals surface area contributed by atoms with Gasteiger partial charge < -0.3 is 10.2 Å². The van der Waals surface area contributed by atoms with Gasteiger partial charge in [-0.05, 0) is 18.6 Å². The quantitative estimate of drug-likeness (QED) is 0.797. The van der Waals surface area contributed by atoms with Gasteiger partial charge in [-0.25, -0.2) is 0 Å². The zero-order valence-corrected chi connectivity index (χ0v) is 9.47. The number of nitrogens with two attached hydrogens (primary N) is 1. The lowest BCUT2D eigenvalue weighted by Gasteiger charge is -2.03. The van der Waals surface area contributed by atoms with E-state index in [-0.39, 0.29) is 0 Å². The van der Waals surface area contributed by atoms with Gasteiger partial charge in [0.05, 0.1) is 17.5 Å². The number of nitrogens with zero attached hydrogens (tertiary/aromatic N) is 1. The fraction of sp³-hybridized carbons (Fsp3) is 0.0714. The van der Waals surface area contributed by atoms with Crippen molar-refractivity contribution in [2.75, 3.05) is 0 Å². The molecule has 2 rings (SSSR count). The molecule has 0 atom stereocenters. The van der Waals surface area contributed by atoms with Crippen LogP contribution >= 0.6 is 0 Å². The topological polar surface area (TPSA) is 63.0 Å². The van der Waals surface area contributed by atoms with Crippen molar-refractivity contribution in [3.05, 3.63) is 59.5 Å². The summed E-state index contributed by atoms with van der Waals surface area (Å²) >= 11 is 0. The normalized spacial score (nSPS) is 11.8. The number of aryl methyl sites for hydroxylation is 1. The Morgan fingerprint density at radius 2 is 1.94 bits per heavy atom. The Labute approximate surface area is 99.8 Å². The van der Waals surface area contributed by atoms with E-state index in [4.69, 9.17) is 10.2 Å². The van der Waals surface area contributed by atoms with Crippen LogP contribution in [0, 0.1) is 18.3 Å². The van der Waals surface area contributed by atoms with Crippen LogP contribution in [0.15, 0.2) is 47.1 Å². The minimum atomic E-state index is 0.440. The lowest BCUT2D eigenvalue weighted by Crippen LogP contribution is -1.99. The molecule has 0 aliphatic heterocycles. The minimum Gasteiger partial charge on any atom is -0.469 e. The van der Waals surface area contributed by atoms with Crippen molar-refractivity contribution >= 4 is 11.3 Å². The lowest BCUT2D eigenvalue weighted by molar-refractivity contribution is 0.533. The molecule has 0 aliphatic carbocycles. The predicted molar refractivity (Wildman–Crippen MR) is 66.5 cm³/mol. The third-order valence-corrected chi connectivity index (χ3v) is 2.49. The van der Waals surface area contributed by atoms with Gasteiger partial charge in [0.15, 0.2) is 0 Å². The molecule has 0 amide bonds. The molecule has 0 saturated heterocycles. The van der Waals surface area contributed by atoms with E-state index < -0.39 is 0 Å². The van der Waals surface area contributed by atoms with Gasteiger partial charge in [-0.15, -0.1) is 0 Å². The minimum absolute atomic E-state index is 0.440. The van der Waals surface area contributed by atoms with Gasteiger partial charge in [0, 0.05) is 5.56 Å². The SMILES string of the molecule is Cc1cc(/C(N)=C(/C#N)c2ccccc2)co1. The van der Waals surface area contributed by atoms with Crippen LogP contribution in [0.25, 0.3) is 11.3 Å². The molecule has 0 spiro atoms. The van der Waals surface area contributed by atoms with E-state index in [1.807, 2.05) is 43.3 Å². The zero-order chi connectivity index (χ0) is 12.3. The van der Waals surface area contributed by atoms with Crippen LogP contribution in [0.5, 0.6) is 0 Å². The number of benzene rings is 1. The average molecular weight is 224 g/mol. The molecule has 1 aromatic heterocycles. The van der Waals surface area contributed by atoms with Gasteiger partial charge in [-0.2, -0.15) is 5.26 Å². The summed E-state index contributed by atoms with van der Waals surface area (Å²) in [6, 6.07) is 13.3. The Hall–Kier alpha value is -2.47. The summed E-state index contributed by atoms with van der Waals surface area (Å²) in [5.41, 5.74) is 8.45. The van der Waals surface area contributed by atoms with Gasteiger partial charge in [0.1, 0.15) is 11.8 Å². The molecular weight excluding hydrogens is 212 g/mol. The molecule has 17 heavy (non-hydrogen) atoms. The van der Waals surface area contributed by atoms with E-state index in [0.29, 0.717) is 11.3 Å². The molecule has 3 nitrogen and oxygen atoms in total. The molecule has 2 N–H and O–H groups in total. The highest BCUT2D eigenvalue weighted by molar-refractivity contribution is 5.95. The van der Waals surface area contributed by atoms with Gasteiger partial charge in [-0.1, -0.05) is 30.3 Å². The van der Waals surface area contributed by atoms with Gasteiger partial charge in [0.2, 0.25) is 0 Å². The first-order valence-electron chi connectivity index (χ1n) is 5.23. The van der Waals surface area contributed by atoms with Crippen LogP contribution in [-0.2, 0) is 0 Å². The first-order chi connectivity index (χ1) is 8.22. The lowest BCUT2D eigenvalue weighted by atomic mass is 10.0. The molecule has 1 aromatic carbocycles. The Morgan fingerprint density at radius 1 is 1.24 bits per heavy atom. The third-order valence-electron chi connectivity index (χ3n) is 2.49. The van der Waals surface area contributed by atoms with E-state index in [1.54, 1.807) is 6.26 Å². The summed E-state index contributed by atoms with van der Waals surface area (Å²) in [5, 5.41) is 9.20. The third kappa shape index (κ3) is 2.21. The first kappa shape index (κ1) is 11.0. The second kappa shape index (κ2) is 4.58. The Kier molecular flexibility index (Phi) is 2.97. The van der Waals surface area contributed by atoms with E-state index in [2.05, 4.69) is 6.07 Å². The second-order valence-electron chi connectivity index (χ2n) is 3.71. The molecule has 0 radical (unpaired) electrons. The number of allylic oxidation sites excluding steroid dienone is 1. The van der Waals surface area contributed by atoms with Crippen LogP contribution < -0.4 is 5.73 Å².